The van der Waals surface area contributed by atoms with Crippen LogP contribution in [0.3, 0.4) is 0 Å². The van der Waals surface area contributed by atoms with Crippen molar-refractivity contribution in [2.45, 2.75) is 38.5 Å². The number of aryl methyl sites for hydroxylation is 2. The van der Waals surface area contributed by atoms with Crippen LogP contribution in [0, 0.1) is 19.8 Å². The molecule has 0 aliphatic carbocycles. The molecule has 2 fully saturated rings. The van der Waals surface area contributed by atoms with Crippen LogP contribution in [0.2, 0.25) is 0 Å². The molecule has 3 rings (SSSR count). The first kappa shape index (κ1) is 22.7. The fourth-order valence-electron chi connectivity index (χ4n) is 4.17. The molecule has 1 aromatic rings. The molecule has 2 aliphatic rings. The summed E-state index contributed by atoms with van der Waals surface area (Å²) in [5.41, 5.74) is 0.345. The van der Waals surface area contributed by atoms with Gasteiger partial charge in [0.05, 0.1) is 12.5 Å². The van der Waals surface area contributed by atoms with Crippen molar-refractivity contribution in [3.05, 3.63) is 11.5 Å². The second-order valence-electron chi connectivity index (χ2n) is 7.91. The van der Waals surface area contributed by atoms with Gasteiger partial charge < -0.3 is 14.7 Å². The van der Waals surface area contributed by atoms with Crippen LogP contribution in [0.25, 0.3) is 0 Å². The number of aromatic nitrogens is 1. The smallest absolute Gasteiger partial charge is 0.248 e. The number of nitrogens with zero attached hydrogens (tertiary/aromatic N) is 4. The van der Waals surface area contributed by atoms with Gasteiger partial charge in [-0.3, -0.25) is 14.5 Å². The van der Waals surface area contributed by atoms with E-state index in [4.69, 9.17) is 4.52 Å². The molecule has 0 spiro atoms. The molecule has 0 bridgehead atoms. The minimum absolute atomic E-state index is 0.0269. The van der Waals surface area contributed by atoms with E-state index in [2.05, 4.69) is 10.5 Å². The highest BCUT2D eigenvalue weighted by molar-refractivity contribution is 7.89. The van der Waals surface area contributed by atoms with Gasteiger partial charge in [-0.25, -0.2) is 8.42 Å². The second-order valence-corrected chi connectivity index (χ2v) is 9.78. The molecular formula is C19H31N5O5S. The lowest BCUT2D eigenvalue weighted by Gasteiger charge is -2.36. The first-order chi connectivity index (χ1) is 14.2. The van der Waals surface area contributed by atoms with Crippen LogP contribution >= 0.6 is 0 Å². The van der Waals surface area contributed by atoms with Gasteiger partial charge in [0.1, 0.15) is 10.6 Å². The highest BCUT2D eigenvalue weighted by Gasteiger charge is 2.35. The van der Waals surface area contributed by atoms with Crippen LogP contribution < -0.4 is 5.32 Å². The Morgan fingerprint density at radius 3 is 2.47 bits per heavy atom. The summed E-state index contributed by atoms with van der Waals surface area (Å²) in [5, 5.41) is 6.59. The number of piperidine rings is 1. The monoisotopic (exact) mass is 441 g/mol. The van der Waals surface area contributed by atoms with Crippen molar-refractivity contribution in [2.24, 2.45) is 5.92 Å². The molecule has 2 aliphatic heterocycles. The Labute approximate surface area is 177 Å². The normalized spacial score (nSPS) is 21.6. The third kappa shape index (κ3) is 4.84. The summed E-state index contributed by atoms with van der Waals surface area (Å²) in [5.74, 6) is 0.218. The molecule has 1 N–H and O–H groups in total. The van der Waals surface area contributed by atoms with E-state index in [1.165, 1.54) is 4.31 Å². The molecule has 2 amide bonds. The molecule has 1 atom stereocenters. The van der Waals surface area contributed by atoms with Crippen LogP contribution in [0.1, 0.15) is 31.2 Å². The average molecular weight is 442 g/mol. The number of carbonyl (C=O) groups excluding carboxylic acids is 2. The van der Waals surface area contributed by atoms with E-state index in [9.17, 15) is 18.0 Å². The summed E-state index contributed by atoms with van der Waals surface area (Å²) in [6.07, 6.45) is 1.73. The van der Waals surface area contributed by atoms with Crippen LogP contribution in [0.15, 0.2) is 9.42 Å². The standard InChI is InChI=1S/C19H31N5O5S/c1-4-20-19(26)16-6-5-7-22(12-16)13-17(25)23-8-10-24(11-9-23)30(27,28)18-14(2)21-29-15(18)3/h16H,4-13H2,1-3H3,(H,20,26). The number of amides is 2. The molecular weight excluding hydrogens is 410 g/mol. The largest absolute Gasteiger partial charge is 0.360 e. The summed E-state index contributed by atoms with van der Waals surface area (Å²) in [7, 11) is -3.69. The molecule has 11 heteroatoms. The Bertz CT molecular complexity index is 856. The molecule has 3 heterocycles. The lowest BCUT2D eigenvalue weighted by molar-refractivity contribution is -0.135. The zero-order valence-corrected chi connectivity index (χ0v) is 18.7. The van der Waals surface area contributed by atoms with Crippen LogP contribution in [0.5, 0.6) is 0 Å². The maximum absolute atomic E-state index is 12.9. The zero-order valence-electron chi connectivity index (χ0n) is 17.9. The van der Waals surface area contributed by atoms with Crippen molar-refractivity contribution in [3.8, 4) is 0 Å². The second kappa shape index (κ2) is 9.44. The first-order valence-corrected chi connectivity index (χ1v) is 11.9. The minimum atomic E-state index is -3.69. The lowest BCUT2D eigenvalue weighted by atomic mass is 9.97. The first-order valence-electron chi connectivity index (χ1n) is 10.4. The number of nitrogens with one attached hydrogen (secondary N) is 1. The lowest BCUT2D eigenvalue weighted by Crippen LogP contribution is -2.53. The SMILES string of the molecule is CCNC(=O)C1CCCN(CC(=O)N2CCN(S(=O)(=O)c3c(C)noc3C)CC2)C1. The van der Waals surface area contributed by atoms with Crippen molar-refractivity contribution < 1.29 is 22.5 Å². The van der Waals surface area contributed by atoms with E-state index in [-0.39, 0.29) is 48.0 Å². The molecule has 30 heavy (non-hydrogen) atoms. The fourth-order valence-corrected chi connectivity index (χ4v) is 5.89. The van der Waals surface area contributed by atoms with Gasteiger partial charge in [-0.15, -0.1) is 0 Å². The Morgan fingerprint density at radius 1 is 1.17 bits per heavy atom. The van der Waals surface area contributed by atoms with Crippen LogP contribution in [-0.2, 0) is 19.6 Å². The third-order valence-corrected chi connectivity index (χ3v) is 7.89. The number of hydrogen-bond donors (Lipinski definition) is 1. The molecule has 10 nitrogen and oxygen atoms in total. The van der Waals surface area contributed by atoms with Crippen molar-refractivity contribution in [1.29, 1.82) is 0 Å². The predicted molar refractivity (Wildman–Crippen MR) is 109 cm³/mol. The predicted octanol–water partition coefficient (Wildman–Crippen LogP) is -0.0276. The highest BCUT2D eigenvalue weighted by atomic mass is 32.2. The fraction of sp³-hybridized carbons (Fsp3) is 0.737. The van der Waals surface area contributed by atoms with Crippen LogP contribution in [0.4, 0.5) is 0 Å². The van der Waals surface area contributed by atoms with Crippen molar-refractivity contribution >= 4 is 21.8 Å². The van der Waals surface area contributed by atoms with E-state index in [1.807, 2.05) is 11.8 Å². The quantitative estimate of drug-likeness (QED) is 0.659. The molecule has 0 aromatic carbocycles. The number of likely N-dealkylation sites (tertiary alicyclic amines) is 1. The number of carbonyl (C=O) groups is 2. The van der Waals surface area contributed by atoms with E-state index in [0.29, 0.717) is 31.9 Å². The topological polar surface area (TPSA) is 116 Å². The van der Waals surface area contributed by atoms with Gasteiger partial charge in [0, 0.05) is 39.3 Å². The molecule has 1 aromatic heterocycles. The third-order valence-electron chi connectivity index (χ3n) is 5.74. The van der Waals surface area contributed by atoms with Gasteiger partial charge in [-0.1, -0.05) is 5.16 Å². The van der Waals surface area contributed by atoms with E-state index >= 15 is 0 Å². The molecule has 0 radical (unpaired) electrons. The number of rotatable bonds is 6. The van der Waals surface area contributed by atoms with E-state index in [1.54, 1.807) is 18.7 Å². The summed E-state index contributed by atoms with van der Waals surface area (Å²) in [6, 6.07) is 0. The average Bonchev–Trinajstić information content (AvgIpc) is 3.07. The number of hydrogen-bond acceptors (Lipinski definition) is 7. The maximum Gasteiger partial charge on any atom is 0.248 e. The van der Waals surface area contributed by atoms with Gasteiger partial charge in [0.15, 0.2) is 5.76 Å². The van der Waals surface area contributed by atoms with Crippen molar-refractivity contribution in [2.75, 3.05) is 52.4 Å². The number of sulfonamides is 1. The summed E-state index contributed by atoms with van der Waals surface area (Å²) < 4.78 is 32.2. The zero-order chi connectivity index (χ0) is 21.9. The van der Waals surface area contributed by atoms with Crippen LogP contribution in [-0.4, -0.2) is 91.9 Å². The Morgan fingerprint density at radius 2 is 1.87 bits per heavy atom. The molecule has 0 saturated carbocycles. The Kier molecular flexibility index (Phi) is 7.14. The summed E-state index contributed by atoms with van der Waals surface area (Å²) in [6.45, 7) is 8.48. The van der Waals surface area contributed by atoms with Gasteiger partial charge in [-0.2, -0.15) is 4.31 Å². The number of piperazine rings is 1. The highest BCUT2D eigenvalue weighted by Crippen LogP contribution is 2.24. The maximum atomic E-state index is 12.9. The van der Waals surface area contributed by atoms with E-state index in [0.717, 1.165) is 19.4 Å². The minimum Gasteiger partial charge on any atom is -0.360 e. The van der Waals surface area contributed by atoms with Crippen molar-refractivity contribution in [3.63, 3.8) is 0 Å². The van der Waals surface area contributed by atoms with E-state index < -0.39 is 10.0 Å². The van der Waals surface area contributed by atoms with Gasteiger partial charge in [-0.05, 0) is 40.2 Å². The molecule has 1 unspecified atom stereocenters. The Balaban J connectivity index is 1.54. The summed E-state index contributed by atoms with van der Waals surface area (Å²) in [4.78, 5) is 28.7. The van der Waals surface area contributed by atoms with Gasteiger partial charge in [0.25, 0.3) is 0 Å². The van der Waals surface area contributed by atoms with Gasteiger partial charge in [0.2, 0.25) is 21.8 Å². The van der Waals surface area contributed by atoms with Gasteiger partial charge >= 0.3 is 0 Å². The molecule has 2 saturated heterocycles. The summed E-state index contributed by atoms with van der Waals surface area (Å²) >= 11 is 0. The molecule has 168 valence electrons. The Hall–Kier alpha value is -1.98. The van der Waals surface area contributed by atoms with Crippen molar-refractivity contribution in [1.82, 2.24) is 24.6 Å².